The molecular formula is C22H27NO5. The Labute approximate surface area is 165 Å². The SMILES string of the molecule is CCC(O)(c1ccccc1)C(OCCOC(C)=O)C(N)C(=O)c1ccccc1. The lowest BCUT2D eigenvalue weighted by Crippen LogP contribution is -2.55. The minimum atomic E-state index is -1.48. The summed E-state index contributed by atoms with van der Waals surface area (Å²) in [7, 11) is 0. The Morgan fingerprint density at radius 2 is 1.61 bits per heavy atom. The Morgan fingerprint density at radius 3 is 2.14 bits per heavy atom. The summed E-state index contributed by atoms with van der Waals surface area (Å²) in [6.07, 6.45) is -0.742. The fourth-order valence-electron chi connectivity index (χ4n) is 3.13. The van der Waals surface area contributed by atoms with E-state index in [4.69, 9.17) is 15.2 Å². The van der Waals surface area contributed by atoms with Gasteiger partial charge in [0, 0.05) is 12.5 Å². The maximum absolute atomic E-state index is 12.9. The second kappa shape index (κ2) is 10.1. The van der Waals surface area contributed by atoms with E-state index >= 15 is 0 Å². The molecule has 2 rings (SSSR count). The van der Waals surface area contributed by atoms with Crippen molar-refractivity contribution in [3.05, 3.63) is 71.8 Å². The van der Waals surface area contributed by atoms with Crippen LogP contribution >= 0.6 is 0 Å². The second-order valence-electron chi connectivity index (χ2n) is 6.53. The van der Waals surface area contributed by atoms with E-state index in [9.17, 15) is 14.7 Å². The molecule has 2 aromatic carbocycles. The smallest absolute Gasteiger partial charge is 0.302 e. The molecular weight excluding hydrogens is 358 g/mol. The number of ketones is 1. The zero-order chi connectivity index (χ0) is 20.6. The third-order valence-electron chi connectivity index (χ3n) is 4.66. The van der Waals surface area contributed by atoms with E-state index in [-0.39, 0.29) is 25.4 Å². The molecule has 6 heteroatoms. The lowest BCUT2D eigenvalue weighted by Gasteiger charge is -2.38. The molecule has 0 aliphatic heterocycles. The Balaban J connectivity index is 2.32. The van der Waals surface area contributed by atoms with Crippen molar-refractivity contribution in [3.63, 3.8) is 0 Å². The van der Waals surface area contributed by atoms with Gasteiger partial charge in [0.05, 0.1) is 12.6 Å². The lowest BCUT2D eigenvalue weighted by atomic mass is 9.80. The molecule has 2 aromatic rings. The average molecular weight is 385 g/mol. The van der Waals surface area contributed by atoms with Crippen LogP contribution in [0.25, 0.3) is 0 Å². The minimum absolute atomic E-state index is 0.00661. The van der Waals surface area contributed by atoms with Crippen LogP contribution in [0.4, 0.5) is 0 Å². The highest BCUT2D eigenvalue weighted by Gasteiger charge is 2.44. The Morgan fingerprint density at radius 1 is 1.04 bits per heavy atom. The van der Waals surface area contributed by atoms with Crippen LogP contribution in [0.2, 0.25) is 0 Å². The number of carbonyl (C=O) groups excluding carboxylic acids is 2. The number of hydrogen-bond donors (Lipinski definition) is 2. The molecule has 3 unspecified atom stereocenters. The van der Waals surface area contributed by atoms with E-state index in [0.717, 1.165) is 0 Å². The molecule has 0 bridgehead atoms. The molecule has 0 aliphatic rings. The first-order valence-corrected chi connectivity index (χ1v) is 9.28. The number of benzene rings is 2. The molecule has 0 amide bonds. The standard InChI is InChI=1S/C22H27NO5/c1-3-22(26,18-12-8-5-9-13-18)21(28-15-14-27-16(2)24)19(23)20(25)17-10-6-4-7-11-17/h4-13,19,21,26H,3,14-15,23H2,1-2H3. The van der Waals surface area contributed by atoms with Crippen LogP contribution in [0.15, 0.2) is 60.7 Å². The first-order chi connectivity index (χ1) is 13.4. The van der Waals surface area contributed by atoms with E-state index in [2.05, 4.69) is 0 Å². The normalized spacial score (nSPS) is 15.3. The zero-order valence-electron chi connectivity index (χ0n) is 16.2. The molecule has 0 saturated carbocycles. The van der Waals surface area contributed by atoms with Crippen molar-refractivity contribution >= 4 is 11.8 Å². The number of carbonyl (C=O) groups is 2. The van der Waals surface area contributed by atoms with Crippen molar-refractivity contribution in [1.29, 1.82) is 0 Å². The van der Waals surface area contributed by atoms with Crippen LogP contribution in [0.3, 0.4) is 0 Å². The Bertz CT molecular complexity index is 765. The summed E-state index contributed by atoms with van der Waals surface area (Å²) in [6.45, 7) is 3.12. The third kappa shape index (κ3) is 5.25. The number of Topliss-reactive ketones (excluding diaryl/α,β-unsaturated/α-hetero) is 1. The molecule has 0 aromatic heterocycles. The molecule has 0 saturated heterocycles. The van der Waals surface area contributed by atoms with E-state index in [0.29, 0.717) is 11.1 Å². The molecule has 3 N–H and O–H groups in total. The third-order valence-corrected chi connectivity index (χ3v) is 4.66. The van der Waals surface area contributed by atoms with Crippen molar-refractivity contribution in [1.82, 2.24) is 0 Å². The quantitative estimate of drug-likeness (QED) is 0.370. The van der Waals surface area contributed by atoms with Gasteiger partial charge >= 0.3 is 5.97 Å². The highest BCUT2D eigenvalue weighted by molar-refractivity contribution is 6.00. The van der Waals surface area contributed by atoms with Gasteiger partial charge in [0.25, 0.3) is 0 Å². The van der Waals surface area contributed by atoms with Gasteiger partial charge in [0.2, 0.25) is 0 Å². The maximum Gasteiger partial charge on any atom is 0.302 e. The largest absolute Gasteiger partial charge is 0.463 e. The first kappa shape index (κ1) is 21.8. The number of ether oxygens (including phenoxy) is 2. The molecule has 6 nitrogen and oxygen atoms in total. The first-order valence-electron chi connectivity index (χ1n) is 9.28. The summed E-state index contributed by atoms with van der Waals surface area (Å²) in [5.41, 5.74) is 5.85. The molecule has 0 fully saturated rings. The molecule has 150 valence electrons. The topological polar surface area (TPSA) is 98.8 Å². The van der Waals surface area contributed by atoms with Gasteiger partial charge in [-0.05, 0) is 12.0 Å². The van der Waals surface area contributed by atoms with E-state index in [1.54, 1.807) is 55.5 Å². The van der Waals surface area contributed by atoms with Crippen molar-refractivity contribution in [2.45, 2.75) is 38.0 Å². The fraction of sp³-hybridized carbons (Fsp3) is 0.364. The summed E-state index contributed by atoms with van der Waals surface area (Å²) in [5, 5.41) is 11.5. The number of hydrogen-bond acceptors (Lipinski definition) is 6. The van der Waals surface area contributed by atoms with Crippen LogP contribution < -0.4 is 5.73 Å². The van der Waals surface area contributed by atoms with Crippen molar-refractivity contribution in [3.8, 4) is 0 Å². The van der Waals surface area contributed by atoms with Crippen molar-refractivity contribution < 1.29 is 24.2 Å². The van der Waals surface area contributed by atoms with Gasteiger partial charge in [0.15, 0.2) is 5.78 Å². The predicted octanol–water partition coefficient (Wildman–Crippen LogP) is 2.44. The van der Waals surface area contributed by atoms with Crippen LogP contribution in [0.1, 0.15) is 36.2 Å². The van der Waals surface area contributed by atoms with E-state index < -0.39 is 23.7 Å². The fourth-order valence-corrected chi connectivity index (χ4v) is 3.13. The van der Waals surface area contributed by atoms with Gasteiger partial charge in [-0.15, -0.1) is 0 Å². The summed E-state index contributed by atoms with van der Waals surface area (Å²) in [6, 6.07) is 16.5. The monoisotopic (exact) mass is 385 g/mol. The molecule has 0 heterocycles. The van der Waals surface area contributed by atoms with Gasteiger partial charge in [-0.2, -0.15) is 0 Å². The number of rotatable bonds is 10. The molecule has 0 aliphatic carbocycles. The number of nitrogens with two attached hydrogens (primary N) is 1. The van der Waals surface area contributed by atoms with E-state index in [1.807, 2.05) is 12.1 Å². The van der Waals surface area contributed by atoms with Crippen molar-refractivity contribution in [2.75, 3.05) is 13.2 Å². The number of esters is 1. The van der Waals surface area contributed by atoms with Gasteiger partial charge in [-0.1, -0.05) is 67.6 Å². The molecule has 3 atom stereocenters. The Hall–Kier alpha value is -2.54. The van der Waals surface area contributed by atoms with Crippen LogP contribution in [0, 0.1) is 0 Å². The van der Waals surface area contributed by atoms with Gasteiger partial charge in [-0.25, -0.2) is 0 Å². The highest BCUT2D eigenvalue weighted by atomic mass is 16.6. The Kier molecular flexibility index (Phi) is 7.87. The summed E-state index contributed by atoms with van der Waals surface area (Å²) >= 11 is 0. The molecule has 28 heavy (non-hydrogen) atoms. The number of aliphatic hydroxyl groups is 1. The predicted molar refractivity (Wildman–Crippen MR) is 106 cm³/mol. The van der Waals surface area contributed by atoms with Crippen LogP contribution in [0.5, 0.6) is 0 Å². The maximum atomic E-state index is 12.9. The summed E-state index contributed by atoms with van der Waals surface area (Å²) < 4.78 is 10.7. The zero-order valence-corrected chi connectivity index (χ0v) is 16.2. The van der Waals surface area contributed by atoms with Gasteiger partial charge in [0.1, 0.15) is 18.3 Å². The van der Waals surface area contributed by atoms with Gasteiger partial charge in [-0.3, -0.25) is 9.59 Å². The lowest BCUT2D eigenvalue weighted by molar-refractivity contribution is -0.149. The summed E-state index contributed by atoms with van der Waals surface area (Å²) in [5.74, 6) is -0.764. The van der Waals surface area contributed by atoms with Crippen LogP contribution in [-0.2, 0) is 19.9 Å². The van der Waals surface area contributed by atoms with Gasteiger partial charge < -0.3 is 20.3 Å². The molecule has 0 spiro atoms. The van der Waals surface area contributed by atoms with E-state index in [1.165, 1.54) is 6.92 Å². The minimum Gasteiger partial charge on any atom is -0.463 e. The second-order valence-corrected chi connectivity index (χ2v) is 6.53. The average Bonchev–Trinajstić information content (AvgIpc) is 2.73. The molecule has 0 radical (unpaired) electrons. The highest BCUT2D eigenvalue weighted by Crippen LogP contribution is 2.33. The van der Waals surface area contributed by atoms with Crippen molar-refractivity contribution in [2.24, 2.45) is 5.73 Å². The summed E-state index contributed by atoms with van der Waals surface area (Å²) in [4.78, 5) is 23.9. The van der Waals surface area contributed by atoms with Crippen LogP contribution in [-0.4, -0.2) is 42.2 Å².